The molecule has 0 saturated carbocycles. The van der Waals surface area contributed by atoms with Gasteiger partial charge >= 0.3 is 0 Å². The van der Waals surface area contributed by atoms with Crippen molar-refractivity contribution in [3.63, 3.8) is 0 Å². The van der Waals surface area contributed by atoms with Crippen LogP contribution in [0.15, 0.2) is 70.0 Å². The van der Waals surface area contributed by atoms with Crippen LogP contribution in [-0.4, -0.2) is 29.1 Å². The first-order valence-electron chi connectivity index (χ1n) is 7.92. The van der Waals surface area contributed by atoms with E-state index in [4.69, 9.17) is 9.53 Å². The van der Waals surface area contributed by atoms with Crippen LogP contribution in [0.5, 0.6) is 5.75 Å². The van der Waals surface area contributed by atoms with E-state index in [0.717, 1.165) is 26.6 Å². The van der Waals surface area contributed by atoms with E-state index in [9.17, 15) is 8.42 Å². The molecule has 0 N–H and O–H groups in total. The van der Waals surface area contributed by atoms with Crippen molar-refractivity contribution < 1.29 is 22.7 Å². The Balaban J connectivity index is 0.000000596. The molecule has 0 heterocycles. The Morgan fingerprint density at radius 1 is 0.963 bits per heavy atom. The molecule has 0 aliphatic rings. The van der Waals surface area contributed by atoms with Gasteiger partial charge in [-0.15, -0.1) is 0 Å². The average molecular weight is 451 g/mol. The number of carbonyl (C=O) groups excluding carboxylic acids is 1. The van der Waals surface area contributed by atoms with E-state index in [-0.39, 0.29) is 5.75 Å². The van der Waals surface area contributed by atoms with E-state index in [2.05, 4.69) is 20.7 Å². The molecule has 0 aliphatic heterocycles. The first kappa shape index (κ1) is 20.9. The van der Waals surface area contributed by atoms with Crippen LogP contribution in [0.2, 0.25) is 0 Å². The Morgan fingerprint density at radius 3 is 2.22 bits per heavy atom. The van der Waals surface area contributed by atoms with E-state index in [0.29, 0.717) is 11.4 Å². The molecule has 5 nitrogen and oxygen atoms in total. The second-order valence-corrected chi connectivity index (χ2v) is 8.38. The lowest BCUT2D eigenvalue weighted by molar-refractivity contribution is -0.126. The lowest BCUT2D eigenvalue weighted by atomic mass is 10.1. The van der Waals surface area contributed by atoms with E-state index >= 15 is 0 Å². The van der Waals surface area contributed by atoms with Gasteiger partial charge in [-0.05, 0) is 41.3 Å². The van der Waals surface area contributed by atoms with Gasteiger partial charge in [0.1, 0.15) is 5.75 Å². The summed E-state index contributed by atoms with van der Waals surface area (Å²) in [5, 5.41) is 1.88. The highest BCUT2D eigenvalue weighted by Gasteiger charge is 2.16. The van der Waals surface area contributed by atoms with Gasteiger partial charge in [0.2, 0.25) is 0 Å². The van der Waals surface area contributed by atoms with Gasteiger partial charge in [-0.3, -0.25) is 4.79 Å². The van der Waals surface area contributed by atoms with Crippen LogP contribution in [-0.2, 0) is 25.1 Å². The topological polar surface area (TPSA) is 69.7 Å². The van der Waals surface area contributed by atoms with Gasteiger partial charge in [-0.25, -0.2) is 8.42 Å². The smallest absolute Gasteiger partial charge is 0.292 e. The quantitative estimate of drug-likeness (QED) is 0.539. The van der Waals surface area contributed by atoms with E-state index < -0.39 is 9.84 Å². The number of hydrogen-bond acceptors (Lipinski definition) is 5. The number of rotatable bonds is 5. The van der Waals surface area contributed by atoms with Crippen LogP contribution in [0.25, 0.3) is 10.8 Å². The van der Waals surface area contributed by atoms with Crippen molar-refractivity contribution in [2.24, 2.45) is 0 Å². The first-order chi connectivity index (χ1) is 12.9. The van der Waals surface area contributed by atoms with Crippen molar-refractivity contribution in [2.45, 2.75) is 10.6 Å². The normalized spacial score (nSPS) is 10.6. The molecule has 3 rings (SSSR count). The Labute approximate surface area is 167 Å². The summed E-state index contributed by atoms with van der Waals surface area (Å²) < 4.78 is 35.2. The summed E-state index contributed by atoms with van der Waals surface area (Å²) in [7, 11) is -0.445. The van der Waals surface area contributed by atoms with E-state index in [1.165, 1.54) is 7.11 Å². The molecule has 7 heteroatoms. The molecular formula is C20H19BrO5S. The minimum atomic E-state index is -3.36. The van der Waals surface area contributed by atoms with Crippen LogP contribution >= 0.6 is 15.9 Å². The summed E-state index contributed by atoms with van der Waals surface area (Å²) in [6.45, 7) is 0.375. The third-order valence-corrected chi connectivity index (χ3v) is 6.16. The highest BCUT2D eigenvalue weighted by molar-refractivity contribution is 9.10. The lowest BCUT2D eigenvalue weighted by Crippen LogP contribution is -2.04. The van der Waals surface area contributed by atoms with Gasteiger partial charge in [-0.1, -0.05) is 46.3 Å². The van der Waals surface area contributed by atoms with Crippen molar-refractivity contribution in [1.82, 2.24) is 0 Å². The number of halogens is 1. The summed E-state index contributed by atoms with van der Waals surface area (Å²) in [5.41, 5.74) is 0.734. The zero-order valence-electron chi connectivity index (χ0n) is 14.9. The summed E-state index contributed by atoms with van der Waals surface area (Å²) in [5.74, 6) is 0.685. The molecule has 0 amide bonds. The second-order valence-electron chi connectivity index (χ2n) is 5.53. The van der Waals surface area contributed by atoms with Crippen molar-refractivity contribution in [2.75, 3.05) is 14.2 Å². The van der Waals surface area contributed by atoms with Crippen molar-refractivity contribution >= 4 is 43.0 Å². The summed E-state index contributed by atoms with van der Waals surface area (Å²) in [4.78, 5) is 9.29. The zero-order valence-corrected chi connectivity index (χ0v) is 17.3. The molecule has 3 aromatic carbocycles. The van der Waals surface area contributed by atoms with E-state index in [1.807, 2.05) is 30.3 Å². The lowest BCUT2D eigenvalue weighted by Gasteiger charge is -2.10. The first-order valence-corrected chi connectivity index (χ1v) is 10.4. The van der Waals surface area contributed by atoms with Crippen LogP contribution in [0, 0.1) is 0 Å². The minimum Gasteiger partial charge on any atom is -0.496 e. The minimum absolute atomic E-state index is 0.0391. The number of methoxy groups -OCH3 is 2. The molecule has 0 fully saturated rings. The summed E-state index contributed by atoms with van der Waals surface area (Å²) >= 11 is 3.51. The Kier molecular flexibility index (Phi) is 7.38. The largest absolute Gasteiger partial charge is 0.496 e. The van der Waals surface area contributed by atoms with Crippen molar-refractivity contribution in [3.05, 3.63) is 70.7 Å². The molecule has 0 aliphatic carbocycles. The Morgan fingerprint density at radius 2 is 1.63 bits per heavy atom. The zero-order chi connectivity index (χ0) is 19.9. The van der Waals surface area contributed by atoms with Crippen molar-refractivity contribution in [3.8, 4) is 5.75 Å². The molecule has 0 atom stereocenters. The fourth-order valence-electron chi connectivity index (χ4n) is 2.53. The second kappa shape index (κ2) is 9.53. The SMILES string of the molecule is COC=O.COc1ccc(Br)c2ccc(CS(=O)(=O)c3ccccc3)cc12. The van der Waals surface area contributed by atoms with Crippen LogP contribution in [0.4, 0.5) is 0 Å². The summed E-state index contributed by atoms with van der Waals surface area (Å²) in [6, 6.07) is 17.9. The molecule has 0 bridgehead atoms. The van der Waals surface area contributed by atoms with Gasteiger partial charge < -0.3 is 9.47 Å². The number of ether oxygens (including phenoxy) is 2. The molecule has 0 unspecified atom stereocenters. The van der Waals surface area contributed by atoms with Gasteiger partial charge in [-0.2, -0.15) is 0 Å². The van der Waals surface area contributed by atoms with Crippen LogP contribution in [0.3, 0.4) is 0 Å². The maximum atomic E-state index is 12.5. The average Bonchev–Trinajstić information content (AvgIpc) is 2.69. The standard InChI is InChI=1S/C18H15BrO3S.C2H4O2/c1-22-18-10-9-17(19)15-8-7-13(11-16(15)18)12-23(20,21)14-5-3-2-4-6-14;1-4-2-3/h2-11H,12H2,1H3;2H,1H3. The number of sulfone groups is 1. The van der Waals surface area contributed by atoms with Crippen molar-refractivity contribution in [1.29, 1.82) is 0 Å². The van der Waals surface area contributed by atoms with Gasteiger partial charge in [0.05, 0.1) is 24.9 Å². The Hall–Kier alpha value is -2.38. The third-order valence-electron chi connectivity index (χ3n) is 3.76. The monoisotopic (exact) mass is 450 g/mol. The Bertz CT molecular complexity index is 1020. The fraction of sp³-hybridized carbons (Fsp3) is 0.150. The number of benzene rings is 3. The van der Waals surface area contributed by atoms with Crippen LogP contribution < -0.4 is 4.74 Å². The van der Waals surface area contributed by atoms with E-state index in [1.54, 1.807) is 37.4 Å². The highest BCUT2D eigenvalue weighted by atomic mass is 79.9. The molecule has 0 radical (unpaired) electrons. The highest BCUT2D eigenvalue weighted by Crippen LogP contribution is 2.33. The molecule has 27 heavy (non-hydrogen) atoms. The predicted octanol–water partition coefficient (Wildman–Crippen LogP) is 4.37. The molecule has 0 aromatic heterocycles. The van der Waals surface area contributed by atoms with Crippen LogP contribution in [0.1, 0.15) is 5.56 Å². The number of hydrogen-bond donors (Lipinski definition) is 0. The molecule has 3 aromatic rings. The summed E-state index contributed by atoms with van der Waals surface area (Å²) in [6.07, 6.45) is 0. The number of fused-ring (bicyclic) bond motifs is 1. The maximum Gasteiger partial charge on any atom is 0.292 e. The fourth-order valence-corrected chi connectivity index (χ4v) is 4.37. The van der Waals surface area contributed by atoms with Gasteiger partial charge in [0.25, 0.3) is 6.47 Å². The van der Waals surface area contributed by atoms with Gasteiger partial charge in [0.15, 0.2) is 9.84 Å². The maximum absolute atomic E-state index is 12.5. The third kappa shape index (κ3) is 5.30. The van der Waals surface area contributed by atoms with Gasteiger partial charge in [0, 0.05) is 9.86 Å². The predicted molar refractivity (Wildman–Crippen MR) is 109 cm³/mol. The molecular weight excluding hydrogens is 432 g/mol. The molecule has 0 saturated heterocycles. The molecule has 0 spiro atoms. The molecule has 142 valence electrons. The number of carbonyl (C=O) groups is 1.